The van der Waals surface area contributed by atoms with Crippen LogP contribution >= 0.6 is 34.8 Å². The number of halogens is 3. The number of nitrogens with one attached hydrogen (secondary N) is 1. The Kier molecular flexibility index (Phi) is 12.6. The summed E-state index contributed by atoms with van der Waals surface area (Å²) in [5.41, 5.74) is 0.804. The molecule has 1 N–H and O–H groups in total. The number of para-hydroxylation sites is 2. The molecule has 12 heteroatoms. The van der Waals surface area contributed by atoms with Gasteiger partial charge in [0.25, 0.3) is 10.0 Å². The van der Waals surface area contributed by atoms with Gasteiger partial charge in [-0.1, -0.05) is 66.8 Å². The van der Waals surface area contributed by atoms with E-state index in [9.17, 15) is 18.0 Å². The van der Waals surface area contributed by atoms with E-state index in [1.54, 1.807) is 56.3 Å². The molecule has 3 aromatic rings. The molecule has 0 saturated carbocycles. The van der Waals surface area contributed by atoms with Gasteiger partial charge in [0.05, 0.1) is 27.2 Å². The Labute approximate surface area is 268 Å². The lowest BCUT2D eigenvalue weighted by Gasteiger charge is -2.34. The van der Waals surface area contributed by atoms with E-state index in [-0.39, 0.29) is 47.9 Å². The van der Waals surface area contributed by atoms with Crippen LogP contribution in [-0.2, 0) is 26.2 Å². The summed E-state index contributed by atoms with van der Waals surface area (Å²) in [5, 5.41) is 3.95. The summed E-state index contributed by atoms with van der Waals surface area (Å²) in [6, 6.07) is 16.2. The van der Waals surface area contributed by atoms with Crippen LogP contribution in [0.5, 0.6) is 5.75 Å². The Bertz CT molecular complexity index is 1520. The summed E-state index contributed by atoms with van der Waals surface area (Å²) >= 11 is 18.4. The average Bonchev–Trinajstić information content (AvgIpc) is 2.98. The molecule has 0 fully saturated rings. The molecule has 0 aliphatic rings. The molecule has 0 bridgehead atoms. The van der Waals surface area contributed by atoms with Crippen molar-refractivity contribution in [1.82, 2.24) is 10.2 Å². The van der Waals surface area contributed by atoms with Gasteiger partial charge in [-0.2, -0.15) is 0 Å². The highest BCUT2D eigenvalue weighted by Crippen LogP contribution is 2.33. The highest BCUT2D eigenvalue weighted by Gasteiger charge is 2.35. The molecule has 0 radical (unpaired) electrons. The van der Waals surface area contributed by atoms with E-state index in [4.69, 9.17) is 39.5 Å². The Morgan fingerprint density at radius 2 is 1.58 bits per heavy atom. The number of hydrogen-bond donors (Lipinski definition) is 1. The minimum Gasteiger partial charge on any atom is -0.492 e. The Morgan fingerprint density at radius 3 is 2.19 bits per heavy atom. The number of carbonyl (C=O) groups excluding carboxylic acids is 2. The number of benzene rings is 3. The molecule has 8 nitrogen and oxygen atoms in total. The van der Waals surface area contributed by atoms with Gasteiger partial charge in [0.1, 0.15) is 18.3 Å². The molecule has 43 heavy (non-hydrogen) atoms. The molecule has 3 rings (SSSR count). The first-order chi connectivity index (χ1) is 20.4. The fraction of sp³-hybridized carbons (Fsp3) is 0.355. The summed E-state index contributed by atoms with van der Waals surface area (Å²) < 4.78 is 35.0. The van der Waals surface area contributed by atoms with Crippen molar-refractivity contribution in [2.45, 2.75) is 64.1 Å². The fourth-order valence-corrected chi connectivity index (χ4v) is 6.25. The van der Waals surface area contributed by atoms with E-state index < -0.39 is 28.5 Å². The number of hydrogen-bond acceptors (Lipinski definition) is 5. The van der Waals surface area contributed by atoms with Gasteiger partial charge >= 0.3 is 0 Å². The van der Waals surface area contributed by atoms with E-state index in [2.05, 4.69) is 5.32 Å². The normalized spacial score (nSPS) is 12.7. The Balaban J connectivity index is 2.12. The minimum atomic E-state index is -4.29. The molecule has 232 valence electrons. The first kappa shape index (κ1) is 34.5. The van der Waals surface area contributed by atoms with Crippen molar-refractivity contribution in [3.8, 4) is 5.75 Å². The third-order valence-electron chi connectivity index (χ3n) is 6.84. The number of nitrogens with zero attached hydrogens (tertiary/aromatic N) is 2. The molecule has 2 amide bonds. The smallest absolute Gasteiger partial charge is 0.264 e. The Hall–Kier alpha value is -2.98. The molecular weight excluding hydrogens is 633 g/mol. The van der Waals surface area contributed by atoms with E-state index >= 15 is 0 Å². The zero-order valence-electron chi connectivity index (χ0n) is 24.5. The topological polar surface area (TPSA) is 96.0 Å². The second-order valence-corrected chi connectivity index (χ2v) is 13.0. The van der Waals surface area contributed by atoms with Crippen molar-refractivity contribution in [3.63, 3.8) is 0 Å². The predicted octanol–water partition coefficient (Wildman–Crippen LogP) is 6.96. The summed E-state index contributed by atoms with van der Waals surface area (Å²) in [4.78, 5) is 29.0. The zero-order valence-corrected chi connectivity index (χ0v) is 27.6. The first-order valence-electron chi connectivity index (χ1n) is 14.0. The molecule has 0 aromatic heterocycles. The van der Waals surface area contributed by atoms with Gasteiger partial charge in [-0.05, 0) is 80.8 Å². The number of anilines is 1. The summed E-state index contributed by atoms with van der Waals surface area (Å²) in [7, 11) is -4.29. The standard InChI is InChI=1S/C31H36Cl3N3O5S/c1-5-21(4)35-31(39)27(6-2)36(19-22-12-17-25(33)26(34)18-22)30(38)20-37(28-10-8-9-11-29(28)42-7-3)43(40,41)24-15-13-23(32)14-16-24/h8-18,21,27H,5-7,19-20H2,1-4H3,(H,35,39)/t21-,27+/m0/s1. The van der Waals surface area contributed by atoms with Gasteiger partial charge in [0.15, 0.2) is 0 Å². The van der Waals surface area contributed by atoms with Crippen LogP contribution < -0.4 is 14.4 Å². The maximum Gasteiger partial charge on any atom is 0.264 e. The Morgan fingerprint density at radius 1 is 0.907 bits per heavy atom. The number of rotatable bonds is 14. The monoisotopic (exact) mass is 667 g/mol. The first-order valence-corrected chi connectivity index (χ1v) is 16.5. The van der Waals surface area contributed by atoms with E-state index in [1.807, 2.05) is 13.8 Å². The van der Waals surface area contributed by atoms with Crippen LogP contribution in [0.15, 0.2) is 71.6 Å². The lowest BCUT2D eigenvalue weighted by Crippen LogP contribution is -2.53. The number of carbonyl (C=O) groups is 2. The molecular formula is C31H36Cl3N3O5S. The van der Waals surface area contributed by atoms with Crippen LogP contribution in [0, 0.1) is 0 Å². The minimum absolute atomic E-state index is 0.00983. The molecule has 0 heterocycles. The van der Waals surface area contributed by atoms with Gasteiger partial charge in [-0.25, -0.2) is 8.42 Å². The fourth-order valence-electron chi connectivity index (χ4n) is 4.38. The highest BCUT2D eigenvalue weighted by molar-refractivity contribution is 7.92. The number of sulfonamides is 1. The van der Waals surface area contributed by atoms with Crippen LogP contribution in [-0.4, -0.2) is 50.4 Å². The number of amides is 2. The maximum atomic E-state index is 14.3. The van der Waals surface area contributed by atoms with Crippen LogP contribution in [0.25, 0.3) is 0 Å². The van der Waals surface area contributed by atoms with Gasteiger partial charge in [0.2, 0.25) is 11.8 Å². The van der Waals surface area contributed by atoms with Gasteiger partial charge in [-0.3, -0.25) is 13.9 Å². The van der Waals surface area contributed by atoms with Gasteiger partial charge < -0.3 is 15.0 Å². The SMILES string of the molecule is CCOc1ccccc1N(CC(=O)N(Cc1ccc(Cl)c(Cl)c1)[C@H](CC)C(=O)N[C@@H](C)CC)S(=O)(=O)c1ccc(Cl)cc1. The summed E-state index contributed by atoms with van der Waals surface area (Å²) in [6.07, 6.45) is 0.985. The van der Waals surface area contributed by atoms with Gasteiger partial charge in [0, 0.05) is 17.6 Å². The largest absolute Gasteiger partial charge is 0.492 e. The lowest BCUT2D eigenvalue weighted by molar-refractivity contribution is -0.140. The van der Waals surface area contributed by atoms with Crippen molar-refractivity contribution >= 4 is 62.3 Å². The third kappa shape index (κ3) is 8.79. The van der Waals surface area contributed by atoms with Crippen LogP contribution in [0.2, 0.25) is 15.1 Å². The van der Waals surface area contributed by atoms with E-state index in [0.29, 0.717) is 27.1 Å². The quantitative estimate of drug-likeness (QED) is 0.200. The van der Waals surface area contributed by atoms with Crippen LogP contribution in [0.4, 0.5) is 5.69 Å². The predicted molar refractivity (Wildman–Crippen MR) is 173 cm³/mol. The van der Waals surface area contributed by atoms with Crippen molar-refractivity contribution in [2.75, 3.05) is 17.5 Å². The molecule has 0 saturated heterocycles. The number of ether oxygens (including phenoxy) is 1. The average molecular weight is 669 g/mol. The third-order valence-corrected chi connectivity index (χ3v) is 9.60. The second kappa shape index (κ2) is 15.7. The van der Waals surface area contributed by atoms with E-state index in [0.717, 1.165) is 4.31 Å². The zero-order chi connectivity index (χ0) is 31.7. The molecule has 0 aliphatic carbocycles. The molecule has 0 aliphatic heterocycles. The molecule has 3 aromatic carbocycles. The van der Waals surface area contributed by atoms with Crippen LogP contribution in [0.1, 0.15) is 46.1 Å². The van der Waals surface area contributed by atoms with Crippen molar-refractivity contribution in [2.24, 2.45) is 0 Å². The highest BCUT2D eigenvalue weighted by atomic mass is 35.5. The van der Waals surface area contributed by atoms with Crippen molar-refractivity contribution < 1.29 is 22.7 Å². The van der Waals surface area contributed by atoms with Crippen molar-refractivity contribution in [1.29, 1.82) is 0 Å². The lowest BCUT2D eigenvalue weighted by atomic mass is 10.1. The maximum absolute atomic E-state index is 14.3. The molecule has 0 spiro atoms. The second-order valence-electron chi connectivity index (χ2n) is 9.88. The van der Waals surface area contributed by atoms with Gasteiger partial charge in [-0.15, -0.1) is 0 Å². The molecule has 2 atom stereocenters. The van der Waals surface area contributed by atoms with Crippen LogP contribution in [0.3, 0.4) is 0 Å². The van der Waals surface area contributed by atoms with Crippen molar-refractivity contribution in [3.05, 3.63) is 87.4 Å². The van der Waals surface area contributed by atoms with E-state index in [1.165, 1.54) is 29.2 Å². The summed E-state index contributed by atoms with van der Waals surface area (Å²) in [6.45, 7) is 7.05. The summed E-state index contributed by atoms with van der Waals surface area (Å²) in [5.74, 6) is -0.652. The molecule has 0 unspecified atom stereocenters.